The van der Waals surface area contributed by atoms with Gasteiger partial charge in [0.15, 0.2) is 11.5 Å². The summed E-state index contributed by atoms with van der Waals surface area (Å²) in [4.78, 5) is 18.8. The molecule has 0 amide bonds. The van der Waals surface area contributed by atoms with Crippen LogP contribution in [0.25, 0.3) is 11.2 Å². The Kier molecular flexibility index (Phi) is 3.68. The second-order valence-electron chi connectivity index (χ2n) is 4.83. The normalized spacial score (nSPS) is 19.5. The van der Waals surface area contributed by atoms with Gasteiger partial charge in [-0.25, -0.2) is 4.98 Å². The Bertz CT molecular complexity index is 583. The van der Waals surface area contributed by atoms with E-state index in [2.05, 4.69) is 37.1 Å². The molecule has 0 aromatic carbocycles. The molecule has 20 heavy (non-hydrogen) atoms. The van der Waals surface area contributed by atoms with E-state index >= 15 is 0 Å². The number of rotatable bonds is 4. The average Bonchev–Trinajstić information content (AvgIpc) is 2.95. The topological polar surface area (TPSA) is 79.0 Å². The van der Waals surface area contributed by atoms with Crippen molar-refractivity contribution in [3.8, 4) is 0 Å². The van der Waals surface area contributed by atoms with Crippen LogP contribution in [0.2, 0.25) is 0 Å². The van der Waals surface area contributed by atoms with Gasteiger partial charge in [0.2, 0.25) is 5.95 Å². The van der Waals surface area contributed by atoms with E-state index in [1.807, 2.05) is 6.92 Å². The summed E-state index contributed by atoms with van der Waals surface area (Å²) in [5.41, 5.74) is 1.60. The monoisotopic (exact) mass is 276 g/mol. The fourth-order valence-corrected chi connectivity index (χ4v) is 2.53. The third kappa shape index (κ3) is 2.29. The van der Waals surface area contributed by atoms with Gasteiger partial charge in [0.05, 0.1) is 25.6 Å². The lowest BCUT2D eigenvalue weighted by atomic mass is 10.1. The highest BCUT2D eigenvalue weighted by atomic mass is 16.5. The minimum atomic E-state index is 0.347. The number of ether oxygens (including phenoxy) is 1. The van der Waals surface area contributed by atoms with E-state index in [-0.39, 0.29) is 0 Å². The van der Waals surface area contributed by atoms with E-state index < -0.39 is 0 Å². The maximum atomic E-state index is 5.57. The van der Waals surface area contributed by atoms with Crippen molar-refractivity contribution in [3.05, 3.63) is 6.33 Å². The highest BCUT2D eigenvalue weighted by molar-refractivity contribution is 5.84. The molecule has 1 unspecified atom stereocenters. The lowest BCUT2D eigenvalue weighted by molar-refractivity contribution is 0.0927. The van der Waals surface area contributed by atoms with Crippen molar-refractivity contribution >= 4 is 22.9 Å². The number of fused-ring (bicyclic) bond motifs is 1. The van der Waals surface area contributed by atoms with Crippen molar-refractivity contribution in [3.63, 3.8) is 0 Å². The summed E-state index contributed by atoms with van der Waals surface area (Å²) in [5, 5.41) is 3.17. The fourth-order valence-electron chi connectivity index (χ4n) is 2.53. The number of morpholine rings is 1. The van der Waals surface area contributed by atoms with Crippen molar-refractivity contribution in [2.75, 3.05) is 36.5 Å². The van der Waals surface area contributed by atoms with Crippen molar-refractivity contribution in [2.45, 2.75) is 26.3 Å². The van der Waals surface area contributed by atoms with Gasteiger partial charge in [-0.05, 0) is 13.3 Å². The zero-order chi connectivity index (χ0) is 13.9. The summed E-state index contributed by atoms with van der Waals surface area (Å²) < 4.78 is 5.57. The highest BCUT2D eigenvalue weighted by Gasteiger charge is 2.25. The number of anilines is 2. The van der Waals surface area contributed by atoms with Gasteiger partial charge in [0.1, 0.15) is 5.52 Å². The molecular weight excluding hydrogens is 256 g/mol. The third-order valence-electron chi connectivity index (χ3n) is 3.57. The van der Waals surface area contributed by atoms with Crippen LogP contribution in [0.4, 0.5) is 11.8 Å². The molecule has 0 bridgehead atoms. The lowest BCUT2D eigenvalue weighted by Gasteiger charge is -2.36. The number of hydrogen-bond acceptors (Lipinski definition) is 6. The van der Waals surface area contributed by atoms with Crippen LogP contribution in [0.15, 0.2) is 6.33 Å². The van der Waals surface area contributed by atoms with E-state index in [9.17, 15) is 0 Å². The first kappa shape index (κ1) is 13.1. The van der Waals surface area contributed by atoms with Crippen LogP contribution >= 0.6 is 0 Å². The first-order valence-corrected chi connectivity index (χ1v) is 7.12. The number of imidazole rings is 1. The number of hydrogen-bond donors (Lipinski definition) is 2. The summed E-state index contributed by atoms with van der Waals surface area (Å²) in [6.07, 6.45) is 2.69. The van der Waals surface area contributed by atoms with Crippen molar-refractivity contribution in [1.82, 2.24) is 19.9 Å². The molecule has 0 spiro atoms. The maximum absolute atomic E-state index is 5.57. The van der Waals surface area contributed by atoms with Gasteiger partial charge in [0, 0.05) is 13.1 Å². The third-order valence-corrected chi connectivity index (χ3v) is 3.57. The molecular formula is C13H20N6O. The average molecular weight is 276 g/mol. The van der Waals surface area contributed by atoms with E-state index in [0.29, 0.717) is 17.6 Å². The van der Waals surface area contributed by atoms with Crippen LogP contribution in [0, 0.1) is 0 Å². The van der Waals surface area contributed by atoms with Crippen LogP contribution in [-0.4, -0.2) is 52.3 Å². The Labute approximate surface area is 117 Å². The van der Waals surface area contributed by atoms with E-state index in [1.54, 1.807) is 6.33 Å². The molecule has 1 fully saturated rings. The molecule has 3 rings (SSSR count). The number of aromatic nitrogens is 4. The highest BCUT2D eigenvalue weighted by Crippen LogP contribution is 2.26. The zero-order valence-corrected chi connectivity index (χ0v) is 11.9. The zero-order valence-electron chi connectivity index (χ0n) is 11.9. The molecule has 108 valence electrons. The number of aromatic amines is 1. The molecule has 2 N–H and O–H groups in total. The van der Waals surface area contributed by atoms with Crippen LogP contribution in [0.3, 0.4) is 0 Å². The molecule has 0 radical (unpaired) electrons. The minimum absolute atomic E-state index is 0.347. The maximum Gasteiger partial charge on any atom is 0.226 e. The second-order valence-corrected chi connectivity index (χ2v) is 4.83. The van der Waals surface area contributed by atoms with Crippen LogP contribution in [-0.2, 0) is 4.74 Å². The summed E-state index contributed by atoms with van der Waals surface area (Å²) in [6, 6.07) is 0.347. The summed E-state index contributed by atoms with van der Waals surface area (Å²) >= 11 is 0. The molecule has 7 heteroatoms. The smallest absolute Gasteiger partial charge is 0.226 e. The Balaban J connectivity index is 2.05. The Morgan fingerprint density at radius 1 is 1.45 bits per heavy atom. The molecule has 2 aromatic rings. The van der Waals surface area contributed by atoms with Crippen LogP contribution in [0.1, 0.15) is 20.3 Å². The van der Waals surface area contributed by atoms with Gasteiger partial charge in [-0.3, -0.25) is 0 Å². The standard InChI is InChI=1S/C13H20N6O/c1-3-9-7-20-6-5-19(9)12-10-11(16-8-15-10)17-13(18-12)14-4-2/h8-9H,3-7H2,1-2H3,(H2,14,15,16,17,18). The molecule has 1 atom stereocenters. The van der Waals surface area contributed by atoms with E-state index in [1.165, 1.54) is 0 Å². The molecule has 2 aromatic heterocycles. The Hall–Kier alpha value is -1.89. The van der Waals surface area contributed by atoms with Gasteiger partial charge < -0.3 is 19.9 Å². The summed E-state index contributed by atoms with van der Waals surface area (Å²) in [5.74, 6) is 1.54. The largest absolute Gasteiger partial charge is 0.377 e. The van der Waals surface area contributed by atoms with Gasteiger partial charge in [-0.2, -0.15) is 9.97 Å². The number of nitrogens with one attached hydrogen (secondary N) is 2. The van der Waals surface area contributed by atoms with Crippen molar-refractivity contribution in [2.24, 2.45) is 0 Å². The number of H-pyrrole nitrogens is 1. The quantitative estimate of drug-likeness (QED) is 0.879. The number of nitrogens with zero attached hydrogens (tertiary/aromatic N) is 4. The molecule has 1 saturated heterocycles. The predicted octanol–water partition coefficient (Wildman–Crippen LogP) is 1.40. The Morgan fingerprint density at radius 3 is 3.15 bits per heavy atom. The van der Waals surface area contributed by atoms with E-state index in [4.69, 9.17) is 4.74 Å². The van der Waals surface area contributed by atoms with Crippen LogP contribution in [0.5, 0.6) is 0 Å². The molecule has 3 heterocycles. The SMILES string of the molecule is CCNc1nc(N2CCOCC2CC)c2[nH]cnc2n1. The minimum Gasteiger partial charge on any atom is -0.377 e. The molecule has 1 aliphatic rings. The fraction of sp³-hybridized carbons (Fsp3) is 0.615. The first-order chi connectivity index (χ1) is 9.83. The van der Waals surface area contributed by atoms with E-state index in [0.717, 1.165) is 44.1 Å². The van der Waals surface area contributed by atoms with Crippen molar-refractivity contribution < 1.29 is 4.74 Å². The Morgan fingerprint density at radius 2 is 2.35 bits per heavy atom. The molecule has 7 nitrogen and oxygen atoms in total. The van der Waals surface area contributed by atoms with Gasteiger partial charge in [-0.1, -0.05) is 6.92 Å². The predicted molar refractivity (Wildman–Crippen MR) is 78.1 cm³/mol. The van der Waals surface area contributed by atoms with Gasteiger partial charge in [-0.15, -0.1) is 0 Å². The van der Waals surface area contributed by atoms with Crippen LogP contribution < -0.4 is 10.2 Å². The summed E-state index contributed by atoms with van der Waals surface area (Å²) in [7, 11) is 0. The van der Waals surface area contributed by atoms with Gasteiger partial charge >= 0.3 is 0 Å². The lowest BCUT2D eigenvalue weighted by Crippen LogP contribution is -2.45. The second kappa shape index (κ2) is 5.62. The molecule has 0 saturated carbocycles. The molecule has 0 aliphatic carbocycles. The molecule has 1 aliphatic heterocycles. The first-order valence-electron chi connectivity index (χ1n) is 7.12. The van der Waals surface area contributed by atoms with Crippen molar-refractivity contribution in [1.29, 1.82) is 0 Å². The summed E-state index contributed by atoms with van der Waals surface area (Å²) in [6.45, 7) is 7.30. The van der Waals surface area contributed by atoms with Gasteiger partial charge in [0.25, 0.3) is 0 Å².